The molecule has 18 heavy (non-hydrogen) atoms. The van der Waals surface area contributed by atoms with Crippen molar-refractivity contribution in [3.63, 3.8) is 0 Å². The van der Waals surface area contributed by atoms with Gasteiger partial charge in [0.2, 0.25) is 0 Å². The smallest absolute Gasteiger partial charge is 0.130 e. The van der Waals surface area contributed by atoms with Crippen LogP contribution in [-0.2, 0) is 6.42 Å². The second kappa shape index (κ2) is 4.37. The SMILES string of the molecule is Cc1cc(O)ccc1-c1cccc2c1OCCC2. The average Bonchev–Trinajstić information content (AvgIpc) is 2.38. The van der Waals surface area contributed by atoms with E-state index in [1.807, 2.05) is 13.0 Å². The van der Waals surface area contributed by atoms with E-state index in [4.69, 9.17) is 4.74 Å². The molecule has 2 heteroatoms. The number of aromatic hydroxyl groups is 1. The van der Waals surface area contributed by atoms with Crippen LogP contribution in [0.1, 0.15) is 17.5 Å². The first-order valence-electron chi connectivity index (χ1n) is 6.30. The van der Waals surface area contributed by atoms with Gasteiger partial charge in [-0.2, -0.15) is 0 Å². The Hall–Kier alpha value is -1.96. The topological polar surface area (TPSA) is 29.5 Å². The Morgan fingerprint density at radius 1 is 1.11 bits per heavy atom. The first kappa shape index (κ1) is 11.1. The van der Waals surface area contributed by atoms with Gasteiger partial charge in [0.25, 0.3) is 0 Å². The minimum absolute atomic E-state index is 0.307. The minimum atomic E-state index is 0.307. The van der Waals surface area contributed by atoms with Crippen molar-refractivity contribution < 1.29 is 9.84 Å². The first-order chi connectivity index (χ1) is 8.75. The fraction of sp³-hybridized carbons (Fsp3) is 0.250. The number of ether oxygens (including phenoxy) is 1. The fourth-order valence-corrected chi connectivity index (χ4v) is 2.55. The molecule has 92 valence electrons. The summed E-state index contributed by atoms with van der Waals surface area (Å²) in [6, 6.07) is 11.8. The van der Waals surface area contributed by atoms with E-state index in [2.05, 4.69) is 18.2 Å². The van der Waals surface area contributed by atoms with Crippen molar-refractivity contribution in [1.29, 1.82) is 0 Å². The zero-order chi connectivity index (χ0) is 12.5. The van der Waals surface area contributed by atoms with Crippen molar-refractivity contribution in [3.8, 4) is 22.6 Å². The van der Waals surface area contributed by atoms with Gasteiger partial charge in [0.1, 0.15) is 11.5 Å². The highest BCUT2D eigenvalue weighted by molar-refractivity contribution is 5.75. The summed E-state index contributed by atoms with van der Waals surface area (Å²) in [5.74, 6) is 1.32. The molecule has 0 spiro atoms. The summed E-state index contributed by atoms with van der Waals surface area (Å²) in [5.41, 5.74) is 4.61. The maximum atomic E-state index is 9.49. The van der Waals surface area contributed by atoms with E-state index in [1.165, 1.54) is 5.56 Å². The van der Waals surface area contributed by atoms with E-state index in [-0.39, 0.29) is 0 Å². The Balaban J connectivity index is 2.17. The normalized spacial score (nSPS) is 13.8. The largest absolute Gasteiger partial charge is 0.508 e. The standard InChI is InChI=1S/C16H16O2/c1-11-10-13(17)7-8-14(11)15-6-2-4-12-5-3-9-18-16(12)15/h2,4,6-8,10,17H,3,5,9H2,1H3. The number of phenols is 1. The third-order valence-corrected chi connectivity index (χ3v) is 3.43. The predicted octanol–water partition coefficient (Wildman–Crippen LogP) is 3.69. The van der Waals surface area contributed by atoms with Gasteiger partial charge in [0, 0.05) is 5.56 Å². The maximum Gasteiger partial charge on any atom is 0.130 e. The van der Waals surface area contributed by atoms with Crippen LogP contribution in [0.3, 0.4) is 0 Å². The van der Waals surface area contributed by atoms with Gasteiger partial charge < -0.3 is 9.84 Å². The molecule has 0 saturated carbocycles. The van der Waals surface area contributed by atoms with Gasteiger partial charge in [-0.25, -0.2) is 0 Å². The second-order valence-corrected chi connectivity index (χ2v) is 4.75. The van der Waals surface area contributed by atoms with Gasteiger partial charge in [-0.15, -0.1) is 0 Å². The molecule has 2 aromatic rings. The number of benzene rings is 2. The number of hydrogen-bond acceptors (Lipinski definition) is 2. The molecular formula is C16H16O2. The van der Waals surface area contributed by atoms with Crippen molar-refractivity contribution >= 4 is 0 Å². The summed E-state index contributed by atoms with van der Waals surface area (Å²) in [7, 11) is 0. The molecule has 3 rings (SSSR count). The molecule has 2 nitrogen and oxygen atoms in total. The molecule has 1 heterocycles. The molecule has 1 N–H and O–H groups in total. The van der Waals surface area contributed by atoms with Gasteiger partial charge in [-0.3, -0.25) is 0 Å². The average molecular weight is 240 g/mol. The Morgan fingerprint density at radius 3 is 2.83 bits per heavy atom. The lowest BCUT2D eigenvalue weighted by molar-refractivity contribution is 0.289. The highest BCUT2D eigenvalue weighted by Crippen LogP contribution is 2.38. The predicted molar refractivity (Wildman–Crippen MR) is 72.1 cm³/mol. The molecule has 0 atom stereocenters. The zero-order valence-electron chi connectivity index (χ0n) is 10.4. The van der Waals surface area contributed by atoms with Crippen molar-refractivity contribution in [2.45, 2.75) is 19.8 Å². The Morgan fingerprint density at radius 2 is 2.00 bits per heavy atom. The highest BCUT2D eigenvalue weighted by atomic mass is 16.5. The number of rotatable bonds is 1. The molecule has 0 unspecified atom stereocenters. The van der Waals surface area contributed by atoms with Crippen LogP contribution >= 0.6 is 0 Å². The van der Waals surface area contributed by atoms with E-state index in [0.717, 1.165) is 41.9 Å². The van der Waals surface area contributed by atoms with Crippen LogP contribution < -0.4 is 4.74 Å². The first-order valence-corrected chi connectivity index (χ1v) is 6.30. The summed E-state index contributed by atoms with van der Waals surface area (Å²) >= 11 is 0. The fourth-order valence-electron chi connectivity index (χ4n) is 2.55. The van der Waals surface area contributed by atoms with Crippen LogP contribution in [0.4, 0.5) is 0 Å². The van der Waals surface area contributed by atoms with E-state index in [1.54, 1.807) is 12.1 Å². The Kier molecular flexibility index (Phi) is 2.71. The third kappa shape index (κ3) is 1.84. The summed E-state index contributed by atoms with van der Waals surface area (Å²) in [6.07, 6.45) is 2.17. The van der Waals surface area contributed by atoms with Gasteiger partial charge in [-0.05, 0) is 48.6 Å². The van der Waals surface area contributed by atoms with Gasteiger partial charge >= 0.3 is 0 Å². The number of phenolic OH excluding ortho intramolecular Hbond substituents is 1. The molecule has 0 bridgehead atoms. The molecule has 0 fully saturated rings. The molecule has 1 aliphatic heterocycles. The molecule has 1 aliphatic rings. The van der Waals surface area contributed by atoms with E-state index in [9.17, 15) is 5.11 Å². The lowest BCUT2D eigenvalue weighted by Gasteiger charge is -2.21. The molecule has 0 aromatic heterocycles. The molecule has 2 aromatic carbocycles. The number of para-hydroxylation sites is 1. The van der Waals surface area contributed by atoms with Crippen molar-refractivity contribution in [2.24, 2.45) is 0 Å². The lowest BCUT2D eigenvalue weighted by atomic mass is 9.95. The van der Waals surface area contributed by atoms with Crippen molar-refractivity contribution in [3.05, 3.63) is 47.5 Å². The molecule has 0 radical (unpaired) electrons. The minimum Gasteiger partial charge on any atom is -0.508 e. The molecule has 0 aliphatic carbocycles. The molecular weight excluding hydrogens is 224 g/mol. The van der Waals surface area contributed by atoms with Crippen LogP contribution in [0.5, 0.6) is 11.5 Å². The second-order valence-electron chi connectivity index (χ2n) is 4.75. The van der Waals surface area contributed by atoms with E-state index in [0.29, 0.717) is 5.75 Å². The molecule has 0 amide bonds. The zero-order valence-corrected chi connectivity index (χ0v) is 10.4. The Labute approximate surface area is 107 Å². The number of fused-ring (bicyclic) bond motifs is 1. The van der Waals surface area contributed by atoms with Crippen LogP contribution in [-0.4, -0.2) is 11.7 Å². The summed E-state index contributed by atoms with van der Waals surface area (Å²) in [5, 5.41) is 9.49. The monoisotopic (exact) mass is 240 g/mol. The van der Waals surface area contributed by atoms with Crippen molar-refractivity contribution in [2.75, 3.05) is 6.61 Å². The lowest BCUT2D eigenvalue weighted by Crippen LogP contribution is -2.09. The number of aryl methyl sites for hydroxylation is 2. The third-order valence-electron chi connectivity index (χ3n) is 3.43. The van der Waals surface area contributed by atoms with Crippen LogP contribution in [0.15, 0.2) is 36.4 Å². The summed E-state index contributed by atoms with van der Waals surface area (Å²) in [4.78, 5) is 0. The van der Waals surface area contributed by atoms with Crippen LogP contribution in [0.25, 0.3) is 11.1 Å². The van der Waals surface area contributed by atoms with Crippen LogP contribution in [0.2, 0.25) is 0 Å². The molecule has 0 saturated heterocycles. The summed E-state index contributed by atoms with van der Waals surface area (Å²) in [6.45, 7) is 2.80. The quantitative estimate of drug-likeness (QED) is 0.823. The number of hydrogen-bond donors (Lipinski definition) is 1. The highest BCUT2D eigenvalue weighted by Gasteiger charge is 2.16. The Bertz CT molecular complexity index is 588. The van der Waals surface area contributed by atoms with Gasteiger partial charge in [0.15, 0.2) is 0 Å². The van der Waals surface area contributed by atoms with E-state index >= 15 is 0 Å². The van der Waals surface area contributed by atoms with Crippen LogP contribution in [0, 0.1) is 6.92 Å². The van der Waals surface area contributed by atoms with Gasteiger partial charge in [-0.1, -0.05) is 24.3 Å². The van der Waals surface area contributed by atoms with Gasteiger partial charge in [0.05, 0.1) is 6.61 Å². The van der Waals surface area contributed by atoms with E-state index < -0.39 is 0 Å². The van der Waals surface area contributed by atoms with Crippen molar-refractivity contribution in [1.82, 2.24) is 0 Å². The maximum absolute atomic E-state index is 9.49. The summed E-state index contributed by atoms with van der Waals surface area (Å²) < 4.78 is 5.83.